The van der Waals surface area contributed by atoms with Crippen LogP contribution in [-0.4, -0.2) is 24.1 Å². The van der Waals surface area contributed by atoms with Crippen molar-refractivity contribution in [3.8, 4) is 0 Å². The topological polar surface area (TPSA) is 51.2 Å². The van der Waals surface area contributed by atoms with Gasteiger partial charge in [0.05, 0.1) is 19.2 Å². The molecule has 1 heterocycles. The van der Waals surface area contributed by atoms with Crippen LogP contribution in [0.4, 0.5) is 5.13 Å². The number of methoxy groups -OCH3 is 1. The number of hydrogen-bond donors (Lipinski definition) is 1. The van der Waals surface area contributed by atoms with E-state index in [1.165, 1.54) is 20.0 Å². The molecule has 1 aromatic rings. The van der Waals surface area contributed by atoms with E-state index in [0.717, 1.165) is 16.7 Å². The maximum Gasteiger partial charge on any atom is 0.305 e. The second-order valence-corrected chi connectivity index (χ2v) is 6.24. The fraction of sp³-hybridized carbons (Fsp3) is 0.714. The Hall–Kier alpha value is -1.10. The zero-order valence-corrected chi connectivity index (χ0v) is 12.6. The van der Waals surface area contributed by atoms with Crippen LogP contribution in [0.15, 0.2) is 5.38 Å². The SMILES string of the molecule is COC(=O)CCc1csc(NC2CCC(C)C2C)n1. The van der Waals surface area contributed by atoms with Crippen LogP contribution in [0.25, 0.3) is 0 Å². The molecule has 0 saturated heterocycles. The van der Waals surface area contributed by atoms with Crippen LogP contribution < -0.4 is 5.32 Å². The molecule has 1 aliphatic rings. The summed E-state index contributed by atoms with van der Waals surface area (Å²) in [5, 5.41) is 6.53. The van der Waals surface area contributed by atoms with E-state index in [1.54, 1.807) is 11.3 Å². The summed E-state index contributed by atoms with van der Waals surface area (Å²) in [6, 6.07) is 0.537. The second kappa shape index (κ2) is 6.37. The van der Waals surface area contributed by atoms with Crippen LogP contribution >= 0.6 is 11.3 Å². The first-order valence-electron chi connectivity index (χ1n) is 6.88. The van der Waals surface area contributed by atoms with E-state index in [0.29, 0.717) is 24.8 Å². The molecule has 19 heavy (non-hydrogen) atoms. The molecule has 2 rings (SSSR count). The average molecular weight is 282 g/mol. The molecule has 0 radical (unpaired) electrons. The standard InChI is InChI=1S/C14H22N2O2S/c1-9-4-6-12(10(9)2)16-14-15-11(8-19-14)5-7-13(17)18-3/h8-10,12H,4-7H2,1-3H3,(H,15,16). The smallest absolute Gasteiger partial charge is 0.305 e. The molecule has 1 aromatic heterocycles. The summed E-state index contributed by atoms with van der Waals surface area (Å²) in [6.07, 6.45) is 3.57. The lowest BCUT2D eigenvalue weighted by Gasteiger charge is -2.18. The molecule has 0 spiro atoms. The van der Waals surface area contributed by atoms with Gasteiger partial charge in [0, 0.05) is 17.8 Å². The number of nitrogens with zero attached hydrogens (tertiary/aromatic N) is 1. The van der Waals surface area contributed by atoms with Crippen LogP contribution in [0.3, 0.4) is 0 Å². The van der Waals surface area contributed by atoms with Crippen molar-refractivity contribution >= 4 is 22.4 Å². The summed E-state index contributed by atoms with van der Waals surface area (Å²) >= 11 is 1.62. The van der Waals surface area contributed by atoms with E-state index in [9.17, 15) is 4.79 Å². The van der Waals surface area contributed by atoms with Crippen molar-refractivity contribution in [1.82, 2.24) is 4.98 Å². The molecule has 4 nitrogen and oxygen atoms in total. The van der Waals surface area contributed by atoms with Crippen molar-refractivity contribution < 1.29 is 9.53 Å². The van der Waals surface area contributed by atoms with E-state index in [-0.39, 0.29) is 5.97 Å². The van der Waals surface area contributed by atoms with Gasteiger partial charge >= 0.3 is 5.97 Å². The van der Waals surface area contributed by atoms with E-state index in [2.05, 4.69) is 28.9 Å². The summed E-state index contributed by atoms with van der Waals surface area (Å²) in [7, 11) is 1.42. The molecule has 3 unspecified atom stereocenters. The van der Waals surface area contributed by atoms with Crippen LogP contribution in [0.2, 0.25) is 0 Å². The van der Waals surface area contributed by atoms with Crippen molar-refractivity contribution in [3.63, 3.8) is 0 Å². The minimum Gasteiger partial charge on any atom is -0.469 e. The number of esters is 1. The van der Waals surface area contributed by atoms with Gasteiger partial charge in [-0.25, -0.2) is 4.98 Å². The fourth-order valence-electron chi connectivity index (χ4n) is 2.55. The first-order valence-corrected chi connectivity index (χ1v) is 7.76. The summed E-state index contributed by atoms with van der Waals surface area (Å²) in [5.41, 5.74) is 0.969. The molecule has 1 aliphatic carbocycles. The molecule has 106 valence electrons. The number of carbonyl (C=O) groups excluding carboxylic acids is 1. The first-order chi connectivity index (χ1) is 9.10. The Labute approximate surface area is 118 Å². The highest BCUT2D eigenvalue weighted by atomic mass is 32.1. The first kappa shape index (κ1) is 14.3. The molecule has 5 heteroatoms. The fourth-order valence-corrected chi connectivity index (χ4v) is 3.35. The van der Waals surface area contributed by atoms with Gasteiger partial charge in [-0.1, -0.05) is 13.8 Å². The highest BCUT2D eigenvalue weighted by Crippen LogP contribution is 2.33. The number of ether oxygens (including phenoxy) is 1. The molecular formula is C14H22N2O2S. The second-order valence-electron chi connectivity index (χ2n) is 5.38. The van der Waals surface area contributed by atoms with Gasteiger partial charge in [0.15, 0.2) is 5.13 Å². The summed E-state index contributed by atoms with van der Waals surface area (Å²) < 4.78 is 4.63. The number of carbonyl (C=O) groups is 1. The van der Waals surface area contributed by atoms with Crippen molar-refractivity contribution in [2.75, 3.05) is 12.4 Å². The minimum atomic E-state index is -0.180. The number of rotatable bonds is 5. The third kappa shape index (κ3) is 3.69. The number of thiazole rings is 1. The summed E-state index contributed by atoms with van der Waals surface area (Å²) in [5.74, 6) is 1.31. The van der Waals surface area contributed by atoms with E-state index in [4.69, 9.17) is 0 Å². The Bertz CT molecular complexity index is 433. The number of nitrogens with one attached hydrogen (secondary N) is 1. The van der Waals surface area contributed by atoms with Gasteiger partial charge in [-0.05, 0) is 24.7 Å². The molecule has 3 atom stereocenters. The van der Waals surface area contributed by atoms with Gasteiger partial charge in [0.25, 0.3) is 0 Å². The minimum absolute atomic E-state index is 0.180. The predicted octanol–water partition coefficient (Wildman–Crippen LogP) is 3.10. The molecule has 0 amide bonds. The number of anilines is 1. The van der Waals surface area contributed by atoms with Crippen LogP contribution in [0.1, 0.15) is 38.8 Å². The lowest BCUT2D eigenvalue weighted by atomic mass is 9.98. The monoisotopic (exact) mass is 282 g/mol. The third-order valence-electron chi connectivity index (χ3n) is 4.14. The van der Waals surface area contributed by atoms with Crippen LogP contribution in [0.5, 0.6) is 0 Å². The zero-order valence-electron chi connectivity index (χ0n) is 11.8. The van der Waals surface area contributed by atoms with Crippen molar-refractivity contribution in [2.45, 2.75) is 45.6 Å². The highest BCUT2D eigenvalue weighted by Gasteiger charge is 2.29. The normalized spacial score (nSPS) is 26.4. The third-order valence-corrected chi connectivity index (χ3v) is 4.96. The van der Waals surface area contributed by atoms with Gasteiger partial charge in [-0.2, -0.15) is 0 Å². The van der Waals surface area contributed by atoms with Crippen molar-refractivity contribution in [3.05, 3.63) is 11.1 Å². The lowest BCUT2D eigenvalue weighted by Crippen LogP contribution is -2.23. The summed E-state index contributed by atoms with van der Waals surface area (Å²) in [6.45, 7) is 4.62. The Morgan fingerprint density at radius 3 is 2.95 bits per heavy atom. The van der Waals surface area contributed by atoms with E-state index >= 15 is 0 Å². The van der Waals surface area contributed by atoms with Gasteiger partial charge in [-0.15, -0.1) is 11.3 Å². The van der Waals surface area contributed by atoms with Crippen LogP contribution in [0, 0.1) is 11.8 Å². The maximum atomic E-state index is 11.1. The quantitative estimate of drug-likeness (QED) is 0.843. The predicted molar refractivity (Wildman–Crippen MR) is 77.4 cm³/mol. The van der Waals surface area contributed by atoms with Crippen LogP contribution in [-0.2, 0) is 16.0 Å². The Kier molecular flexibility index (Phi) is 4.80. The van der Waals surface area contributed by atoms with Gasteiger partial charge in [0.2, 0.25) is 0 Å². The number of hydrogen-bond acceptors (Lipinski definition) is 5. The Morgan fingerprint density at radius 1 is 1.53 bits per heavy atom. The zero-order chi connectivity index (χ0) is 13.8. The summed E-state index contributed by atoms with van der Waals surface area (Å²) in [4.78, 5) is 15.6. The molecule has 0 bridgehead atoms. The van der Waals surface area contributed by atoms with E-state index in [1.807, 2.05) is 5.38 Å². The highest BCUT2D eigenvalue weighted by molar-refractivity contribution is 7.13. The van der Waals surface area contributed by atoms with Gasteiger partial charge < -0.3 is 10.1 Å². The van der Waals surface area contributed by atoms with Crippen molar-refractivity contribution in [2.24, 2.45) is 11.8 Å². The maximum absolute atomic E-state index is 11.1. The molecule has 1 N–H and O–H groups in total. The average Bonchev–Trinajstić information content (AvgIpc) is 2.98. The van der Waals surface area contributed by atoms with Crippen molar-refractivity contribution in [1.29, 1.82) is 0 Å². The molecule has 0 aliphatic heterocycles. The molecule has 1 saturated carbocycles. The molecular weight excluding hydrogens is 260 g/mol. The largest absolute Gasteiger partial charge is 0.469 e. The van der Waals surface area contributed by atoms with Gasteiger partial charge in [0.1, 0.15) is 0 Å². The lowest BCUT2D eigenvalue weighted by molar-refractivity contribution is -0.140. The Morgan fingerprint density at radius 2 is 2.32 bits per heavy atom. The Balaban J connectivity index is 1.85. The molecule has 0 aromatic carbocycles. The van der Waals surface area contributed by atoms with E-state index < -0.39 is 0 Å². The molecule has 1 fully saturated rings. The number of aromatic nitrogens is 1. The van der Waals surface area contributed by atoms with Gasteiger partial charge in [-0.3, -0.25) is 4.79 Å². The number of aryl methyl sites for hydroxylation is 1.